The lowest BCUT2D eigenvalue weighted by Gasteiger charge is -2.35. The van der Waals surface area contributed by atoms with E-state index in [1.165, 1.54) is 88.0 Å². The third kappa shape index (κ3) is 7.57. The quantitative estimate of drug-likeness (QED) is 0.127. The fourth-order valence-electron chi connectivity index (χ4n) is 8.68. The summed E-state index contributed by atoms with van der Waals surface area (Å²) in [6.07, 6.45) is 0.113. The second-order valence-corrected chi connectivity index (χ2v) is 19.8. The smallest absolute Gasteiger partial charge is 0.170 e. The van der Waals surface area contributed by atoms with Crippen molar-refractivity contribution in [2.75, 3.05) is 16.3 Å². The minimum atomic E-state index is -2.47. The van der Waals surface area contributed by atoms with E-state index in [9.17, 15) is 5.11 Å². The number of nitrogens with one attached hydrogen (secondary N) is 2. The zero-order chi connectivity index (χ0) is 36.7. The van der Waals surface area contributed by atoms with E-state index in [1.807, 2.05) is 6.92 Å². The average Bonchev–Trinajstić information content (AvgIpc) is 2.95. The minimum absolute atomic E-state index is 0.510. The predicted molar refractivity (Wildman–Crippen MR) is 225 cm³/mol. The molecule has 5 aromatic rings. The molecule has 0 heterocycles. The molecule has 3 N–H and O–H groups in total. The van der Waals surface area contributed by atoms with Gasteiger partial charge < -0.3 is 10.2 Å². The van der Waals surface area contributed by atoms with Crippen molar-refractivity contribution in [2.24, 2.45) is 0 Å². The Morgan fingerprint density at radius 1 is 0.520 bits per heavy atom. The third-order valence-corrected chi connectivity index (χ3v) is 17.2. The number of hydrogen-bond acceptors (Lipinski definition) is 3. The number of aryl methyl sites for hydroxylation is 12. The van der Waals surface area contributed by atoms with Crippen LogP contribution in [-0.2, 0) is 0 Å². The molecule has 0 aliphatic carbocycles. The first-order valence-electron chi connectivity index (χ1n) is 17.8. The number of aliphatic hydroxyl groups excluding tert-OH is 1. The molecule has 0 amide bonds. The molecule has 0 aliphatic rings. The number of aliphatic hydroxyl groups is 1. The standard InChI is InChI=1S/C45H57N2OP2/c1-27-18-31(5)42(32(6)19-27)49(43-33(7)20-28(2)21-34(43)8)46-40-16-14-15-17-41(40)47-50(26-39(13)48,44-35(9)22-29(3)23-36(44)10)45-37(11)24-30(4)25-38(45)12/h14-25,39,46-48H,26H2,1-13H3/q+1. The predicted octanol–water partition coefficient (Wildman–Crippen LogP) is 10.2. The maximum Gasteiger partial charge on any atom is 0.170 e. The minimum Gasteiger partial charge on any atom is -0.390 e. The van der Waals surface area contributed by atoms with Crippen molar-refractivity contribution in [3.8, 4) is 0 Å². The van der Waals surface area contributed by atoms with Crippen molar-refractivity contribution in [3.05, 3.63) is 140 Å². The maximum absolute atomic E-state index is 11.4. The molecule has 262 valence electrons. The van der Waals surface area contributed by atoms with Crippen LogP contribution in [0.15, 0.2) is 72.8 Å². The highest BCUT2D eigenvalue weighted by Crippen LogP contribution is 2.60. The summed E-state index contributed by atoms with van der Waals surface area (Å²) in [5.41, 5.74) is 17.6. The van der Waals surface area contributed by atoms with Gasteiger partial charge in [0.05, 0.1) is 25.6 Å². The molecular weight excluding hydrogens is 646 g/mol. The normalized spacial score (nSPS) is 12.4. The second kappa shape index (κ2) is 15.0. The second-order valence-electron chi connectivity index (χ2n) is 14.9. The van der Waals surface area contributed by atoms with Gasteiger partial charge in [-0.25, -0.2) is 5.09 Å². The van der Waals surface area contributed by atoms with Crippen molar-refractivity contribution in [2.45, 2.75) is 96.1 Å². The molecule has 0 saturated carbocycles. The van der Waals surface area contributed by atoms with Crippen LogP contribution in [-0.4, -0.2) is 17.4 Å². The van der Waals surface area contributed by atoms with Gasteiger partial charge in [-0.2, -0.15) is 0 Å². The number of rotatable bonds is 10. The monoisotopic (exact) mass is 703 g/mol. The van der Waals surface area contributed by atoms with E-state index in [4.69, 9.17) is 0 Å². The van der Waals surface area contributed by atoms with Crippen molar-refractivity contribution < 1.29 is 5.11 Å². The van der Waals surface area contributed by atoms with Gasteiger partial charge in [-0.05, 0) is 147 Å². The number of para-hydroxylation sites is 2. The Balaban J connectivity index is 1.80. The molecule has 1 atom stereocenters. The summed E-state index contributed by atoms with van der Waals surface area (Å²) in [6, 6.07) is 27.3. The van der Waals surface area contributed by atoms with Crippen LogP contribution in [0.1, 0.15) is 73.7 Å². The average molecular weight is 704 g/mol. The van der Waals surface area contributed by atoms with Gasteiger partial charge in [-0.1, -0.05) is 82.9 Å². The van der Waals surface area contributed by atoms with E-state index in [1.54, 1.807) is 0 Å². The topological polar surface area (TPSA) is 44.3 Å². The van der Waals surface area contributed by atoms with Gasteiger partial charge in [0.2, 0.25) is 0 Å². The zero-order valence-corrected chi connectivity index (χ0v) is 34.3. The van der Waals surface area contributed by atoms with Gasteiger partial charge in [-0.15, -0.1) is 0 Å². The van der Waals surface area contributed by atoms with Gasteiger partial charge in [0.15, 0.2) is 7.41 Å². The van der Waals surface area contributed by atoms with E-state index >= 15 is 0 Å². The van der Waals surface area contributed by atoms with E-state index in [-0.39, 0.29) is 0 Å². The largest absolute Gasteiger partial charge is 0.390 e. The van der Waals surface area contributed by atoms with E-state index in [0.29, 0.717) is 6.16 Å². The molecule has 5 rings (SSSR count). The molecule has 3 nitrogen and oxygen atoms in total. The highest BCUT2D eigenvalue weighted by molar-refractivity contribution is 7.91. The summed E-state index contributed by atoms with van der Waals surface area (Å²) in [6.45, 7) is 28.8. The number of hydrogen-bond donors (Lipinski definition) is 3. The molecular formula is C45H57N2OP2+. The molecule has 0 aliphatic heterocycles. The van der Waals surface area contributed by atoms with Crippen molar-refractivity contribution in [1.29, 1.82) is 0 Å². The Bertz CT molecular complexity index is 1850. The number of anilines is 2. The Kier molecular flexibility index (Phi) is 11.3. The van der Waals surface area contributed by atoms with Gasteiger partial charge >= 0.3 is 0 Å². The van der Waals surface area contributed by atoms with Crippen molar-refractivity contribution in [3.63, 3.8) is 0 Å². The van der Waals surface area contributed by atoms with Crippen LogP contribution in [0.4, 0.5) is 11.4 Å². The van der Waals surface area contributed by atoms with Crippen molar-refractivity contribution in [1.82, 2.24) is 0 Å². The molecule has 0 spiro atoms. The lowest BCUT2D eigenvalue weighted by atomic mass is 10.1. The van der Waals surface area contributed by atoms with E-state index in [2.05, 4.69) is 166 Å². The van der Waals surface area contributed by atoms with Gasteiger partial charge in [0, 0.05) is 10.6 Å². The number of benzene rings is 5. The van der Waals surface area contributed by atoms with Crippen LogP contribution in [0.5, 0.6) is 0 Å². The molecule has 5 aromatic carbocycles. The fraction of sp³-hybridized carbons (Fsp3) is 0.333. The molecule has 0 aromatic heterocycles. The van der Waals surface area contributed by atoms with Crippen LogP contribution in [0.2, 0.25) is 0 Å². The summed E-state index contributed by atoms with van der Waals surface area (Å²) < 4.78 is 0. The fourth-order valence-corrected chi connectivity index (χ4v) is 16.2. The zero-order valence-electron chi connectivity index (χ0n) is 32.6. The first-order valence-corrected chi connectivity index (χ1v) is 21.2. The molecule has 0 bridgehead atoms. The molecule has 5 heteroatoms. The van der Waals surface area contributed by atoms with Crippen LogP contribution < -0.4 is 31.4 Å². The van der Waals surface area contributed by atoms with Gasteiger partial charge in [0.25, 0.3) is 0 Å². The lowest BCUT2D eigenvalue weighted by molar-refractivity contribution is 0.219. The summed E-state index contributed by atoms with van der Waals surface area (Å²) in [7, 11) is -3.45. The first kappa shape index (κ1) is 37.8. The highest BCUT2D eigenvalue weighted by Gasteiger charge is 2.49. The van der Waals surface area contributed by atoms with Crippen LogP contribution in [0.3, 0.4) is 0 Å². The summed E-state index contributed by atoms with van der Waals surface area (Å²) in [5, 5.41) is 25.4. The van der Waals surface area contributed by atoms with Crippen LogP contribution in [0.25, 0.3) is 0 Å². The molecule has 0 fully saturated rings. The highest BCUT2D eigenvalue weighted by atomic mass is 31.2. The van der Waals surface area contributed by atoms with Crippen molar-refractivity contribution >= 4 is 48.1 Å². The molecule has 0 saturated heterocycles. The summed E-state index contributed by atoms with van der Waals surface area (Å²) in [5.74, 6) is 0. The Labute approximate surface area is 304 Å². The van der Waals surface area contributed by atoms with E-state index in [0.717, 1.165) is 11.4 Å². The lowest BCUT2D eigenvalue weighted by Crippen LogP contribution is -2.39. The SMILES string of the molecule is Cc1cc(C)c(P(Nc2ccccc2N[P+](CC(C)O)(c2c(C)cc(C)cc2C)c2c(C)cc(C)cc2C)c2c(C)cc(C)cc2C)c(C)c1. The Hall–Kier alpha value is -3.48. The Morgan fingerprint density at radius 3 is 1.18 bits per heavy atom. The third-order valence-electron chi connectivity index (χ3n) is 9.76. The maximum atomic E-state index is 11.4. The van der Waals surface area contributed by atoms with Crippen LogP contribution in [0, 0.1) is 83.1 Å². The van der Waals surface area contributed by atoms with E-state index < -0.39 is 21.6 Å². The Morgan fingerprint density at radius 2 is 0.840 bits per heavy atom. The molecule has 0 radical (unpaired) electrons. The summed E-state index contributed by atoms with van der Waals surface area (Å²) >= 11 is 0. The first-order chi connectivity index (χ1) is 23.5. The van der Waals surface area contributed by atoms with Gasteiger partial charge in [0.1, 0.15) is 16.8 Å². The summed E-state index contributed by atoms with van der Waals surface area (Å²) in [4.78, 5) is 0. The van der Waals surface area contributed by atoms with Crippen LogP contribution >= 0.6 is 15.5 Å². The molecule has 1 unspecified atom stereocenters. The van der Waals surface area contributed by atoms with Gasteiger partial charge in [-0.3, -0.25) is 0 Å². The molecule has 50 heavy (non-hydrogen) atoms.